The topological polar surface area (TPSA) is 96.7 Å². The molecule has 100 valence electrons. The zero-order valence-electron chi connectivity index (χ0n) is 10.3. The van der Waals surface area contributed by atoms with Crippen molar-refractivity contribution in [3.63, 3.8) is 0 Å². The van der Waals surface area contributed by atoms with Gasteiger partial charge in [-0.1, -0.05) is 12.1 Å². The Labute approximate surface area is 118 Å². The number of H-pyrrole nitrogens is 1. The first-order valence-corrected chi connectivity index (χ1v) is 6.72. The molecule has 6 nitrogen and oxygen atoms in total. The van der Waals surface area contributed by atoms with Gasteiger partial charge in [0, 0.05) is 17.3 Å². The minimum absolute atomic E-state index is 0.271. The van der Waals surface area contributed by atoms with E-state index in [9.17, 15) is 4.79 Å². The van der Waals surface area contributed by atoms with Crippen LogP contribution < -0.4 is 11.1 Å². The highest BCUT2D eigenvalue weighted by atomic mass is 32.1. The van der Waals surface area contributed by atoms with Gasteiger partial charge in [0.2, 0.25) is 0 Å². The largest absolute Gasteiger partial charge is 0.375 e. The van der Waals surface area contributed by atoms with Gasteiger partial charge >= 0.3 is 0 Å². The average Bonchev–Trinajstić information content (AvgIpc) is 3.10. The second-order valence-electron chi connectivity index (χ2n) is 4.07. The number of benzene rings is 1. The summed E-state index contributed by atoms with van der Waals surface area (Å²) < 4.78 is 0. The van der Waals surface area contributed by atoms with Gasteiger partial charge in [-0.05, 0) is 23.8 Å². The summed E-state index contributed by atoms with van der Waals surface area (Å²) >= 11 is 1.24. The predicted molar refractivity (Wildman–Crippen MR) is 78.5 cm³/mol. The number of anilines is 2. The van der Waals surface area contributed by atoms with E-state index >= 15 is 0 Å². The highest BCUT2D eigenvalue weighted by molar-refractivity contribution is 7.13. The number of hydrogen-bond acceptors (Lipinski definition) is 5. The summed E-state index contributed by atoms with van der Waals surface area (Å²) in [5, 5.41) is 11.6. The van der Waals surface area contributed by atoms with Crippen molar-refractivity contribution in [3.8, 4) is 11.3 Å². The molecule has 0 fully saturated rings. The van der Waals surface area contributed by atoms with E-state index in [-0.39, 0.29) is 5.91 Å². The molecule has 0 aliphatic carbocycles. The number of amides is 1. The van der Waals surface area contributed by atoms with Crippen molar-refractivity contribution >= 4 is 28.1 Å². The molecule has 3 aromatic rings. The molecule has 0 unspecified atom stereocenters. The molecule has 4 N–H and O–H groups in total. The number of aromatic amines is 1. The normalized spacial score (nSPS) is 10.4. The number of aromatic nitrogens is 3. The van der Waals surface area contributed by atoms with E-state index in [2.05, 4.69) is 20.5 Å². The summed E-state index contributed by atoms with van der Waals surface area (Å²) in [6, 6.07) is 9.33. The van der Waals surface area contributed by atoms with Gasteiger partial charge in [-0.3, -0.25) is 9.89 Å². The zero-order chi connectivity index (χ0) is 13.9. The lowest BCUT2D eigenvalue weighted by molar-refractivity contribution is 0.102. The van der Waals surface area contributed by atoms with Gasteiger partial charge in [0.15, 0.2) is 5.13 Å². The van der Waals surface area contributed by atoms with E-state index in [4.69, 9.17) is 5.73 Å². The molecule has 7 heteroatoms. The first-order chi connectivity index (χ1) is 9.72. The summed E-state index contributed by atoms with van der Waals surface area (Å²) in [7, 11) is 0. The van der Waals surface area contributed by atoms with Gasteiger partial charge in [0.25, 0.3) is 5.91 Å². The zero-order valence-corrected chi connectivity index (χ0v) is 11.1. The summed E-state index contributed by atoms with van der Waals surface area (Å²) in [5.41, 5.74) is 8.45. The number of carbonyl (C=O) groups excluding carboxylic acids is 1. The summed E-state index contributed by atoms with van der Waals surface area (Å²) in [5.74, 6) is -0.271. The van der Waals surface area contributed by atoms with Crippen LogP contribution in [0, 0.1) is 0 Å². The molecule has 1 aromatic carbocycles. The second-order valence-corrected chi connectivity index (χ2v) is 4.96. The lowest BCUT2D eigenvalue weighted by atomic mass is 10.1. The van der Waals surface area contributed by atoms with E-state index in [1.807, 2.05) is 30.3 Å². The lowest BCUT2D eigenvalue weighted by Crippen LogP contribution is -2.12. The highest BCUT2D eigenvalue weighted by Gasteiger charge is 2.09. The van der Waals surface area contributed by atoms with Crippen molar-refractivity contribution < 1.29 is 4.79 Å². The fourth-order valence-corrected chi connectivity index (χ4v) is 2.28. The number of hydrogen-bond donors (Lipinski definition) is 3. The molecule has 0 aliphatic heterocycles. The summed E-state index contributed by atoms with van der Waals surface area (Å²) in [4.78, 5) is 15.8. The van der Waals surface area contributed by atoms with Crippen LogP contribution in [0.4, 0.5) is 10.8 Å². The molecule has 2 aromatic heterocycles. The molecule has 1 amide bonds. The Kier molecular flexibility index (Phi) is 3.18. The Bertz CT molecular complexity index is 718. The van der Waals surface area contributed by atoms with Crippen molar-refractivity contribution in [2.24, 2.45) is 0 Å². The fraction of sp³-hybridized carbons (Fsp3) is 0. The molecular formula is C13H11N5OS. The van der Waals surface area contributed by atoms with Crippen molar-refractivity contribution in [3.05, 3.63) is 47.6 Å². The van der Waals surface area contributed by atoms with E-state index in [0.717, 1.165) is 11.3 Å². The maximum Gasteiger partial charge on any atom is 0.275 e. The van der Waals surface area contributed by atoms with Crippen LogP contribution in [0.1, 0.15) is 10.5 Å². The third-order valence-corrected chi connectivity index (χ3v) is 3.38. The van der Waals surface area contributed by atoms with Crippen LogP contribution in [0.3, 0.4) is 0 Å². The van der Waals surface area contributed by atoms with Crippen LogP contribution in [-0.2, 0) is 0 Å². The summed E-state index contributed by atoms with van der Waals surface area (Å²) in [6.07, 6.45) is 1.69. The molecule has 20 heavy (non-hydrogen) atoms. The van der Waals surface area contributed by atoms with Gasteiger partial charge in [-0.25, -0.2) is 4.98 Å². The van der Waals surface area contributed by atoms with Crippen LogP contribution in [0.5, 0.6) is 0 Å². The number of thiazole rings is 1. The number of nitrogen functional groups attached to an aromatic ring is 1. The van der Waals surface area contributed by atoms with Crippen LogP contribution in [-0.4, -0.2) is 21.1 Å². The van der Waals surface area contributed by atoms with Gasteiger partial charge in [-0.15, -0.1) is 11.3 Å². The number of nitrogens with two attached hydrogens (primary N) is 1. The molecule has 0 aliphatic rings. The predicted octanol–water partition coefficient (Wildman–Crippen LogP) is 2.37. The molecule has 0 saturated heterocycles. The number of nitrogens with zero attached hydrogens (tertiary/aromatic N) is 2. The minimum Gasteiger partial charge on any atom is -0.375 e. The smallest absolute Gasteiger partial charge is 0.275 e. The van der Waals surface area contributed by atoms with Crippen LogP contribution in [0.25, 0.3) is 11.3 Å². The second kappa shape index (κ2) is 5.14. The molecule has 0 saturated carbocycles. The molecular weight excluding hydrogens is 274 g/mol. The van der Waals surface area contributed by atoms with Crippen LogP contribution in [0.15, 0.2) is 41.9 Å². The van der Waals surface area contributed by atoms with Crippen molar-refractivity contribution in [2.45, 2.75) is 0 Å². The number of rotatable bonds is 3. The van der Waals surface area contributed by atoms with Gasteiger partial charge < -0.3 is 11.1 Å². The first kappa shape index (κ1) is 12.4. The van der Waals surface area contributed by atoms with Crippen LogP contribution in [0.2, 0.25) is 0 Å². The Morgan fingerprint density at radius 2 is 2.05 bits per heavy atom. The molecule has 3 rings (SSSR count). The average molecular weight is 285 g/mol. The molecule has 0 bridgehead atoms. The van der Waals surface area contributed by atoms with Gasteiger partial charge in [0.1, 0.15) is 5.69 Å². The number of nitrogens with one attached hydrogen (secondary N) is 2. The molecule has 0 spiro atoms. The lowest BCUT2D eigenvalue weighted by Gasteiger charge is -2.04. The van der Waals surface area contributed by atoms with Crippen molar-refractivity contribution in [1.29, 1.82) is 0 Å². The molecule has 2 heterocycles. The SMILES string of the molecule is Nc1nc(C(=O)Nc2ccc(-c3ccn[nH]3)cc2)cs1. The van der Waals surface area contributed by atoms with E-state index in [1.54, 1.807) is 11.6 Å². The third-order valence-electron chi connectivity index (χ3n) is 2.71. The van der Waals surface area contributed by atoms with Gasteiger partial charge in [0.05, 0.1) is 5.69 Å². The maximum atomic E-state index is 11.9. The maximum absolute atomic E-state index is 11.9. The van der Waals surface area contributed by atoms with Crippen molar-refractivity contribution in [1.82, 2.24) is 15.2 Å². The Hall–Kier alpha value is -2.67. The quantitative estimate of drug-likeness (QED) is 0.688. The third kappa shape index (κ3) is 2.52. The first-order valence-electron chi connectivity index (χ1n) is 5.84. The number of carbonyl (C=O) groups is 1. The highest BCUT2D eigenvalue weighted by Crippen LogP contribution is 2.19. The van der Waals surface area contributed by atoms with Crippen LogP contribution >= 0.6 is 11.3 Å². The Morgan fingerprint density at radius 3 is 2.65 bits per heavy atom. The Balaban J connectivity index is 1.74. The molecule has 0 radical (unpaired) electrons. The van der Waals surface area contributed by atoms with E-state index in [1.165, 1.54) is 11.3 Å². The molecule has 0 atom stereocenters. The minimum atomic E-state index is -0.271. The van der Waals surface area contributed by atoms with E-state index < -0.39 is 0 Å². The standard InChI is InChI=1S/C13H11N5OS/c14-13-17-11(7-20-13)12(19)16-9-3-1-8(2-4-9)10-5-6-15-18-10/h1-7H,(H2,14,17)(H,15,18)(H,16,19). The Morgan fingerprint density at radius 1 is 1.25 bits per heavy atom. The monoisotopic (exact) mass is 285 g/mol. The van der Waals surface area contributed by atoms with Gasteiger partial charge in [-0.2, -0.15) is 5.10 Å². The fourth-order valence-electron chi connectivity index (χ4n) is 1.74. The van der Waals surface area contributed by atoms with Crippen molar-refractivity contribution in [2.75, 3.05) is 11.1 Å². The van der Waals surface area contributed by atoms with E-state index in [0.29, 0.717) is 16.5 Å². The summed E-state index contributed by atoms with van der Waals surface area (Å²) in [6.45, 7) is 0.